The molecule has 24 heavy (non-hydrogen) atoms. The Morgan fingerprint density at radius 3 is 2.54 bits per heavy atom. The molecule has 1 unspecified atom stereocenters. The van der Waals surface area contributed by atoms with Gasteiger partial charge in [-0.25, -0.2) is 13.4 Å². The summed E-state index contributed by atoms with van der Waals surface area (Å²) in [6.45, 7) is 3.63. The van der Waals surface area contributed by atoms with Gasteiger partial charge in [0.25, 0.3) is 5.69 Å². The van der Waals surface area contributed by atoms with Crippen LogP contribution in [0.1, 0.15) is 20.3 Å². The van der Waals surface area contributed by atoms with E-state index in [4.69, 9.17) is 0 Å². The van der Waals surface area contributed by atoms with Crippen molar-refractivity contribution in [1.29, 1.82) is 0 Å². The summed E-state index contributed by atoms with van der Waals surface area (Å²) >= 11 is 0.836. The molecule has 2 aromatic rings. The molecule has 128 valence electrons. The second-order valence-electron chi connectivity index (χ2n) is 5.04. The van der Waals surface area contributed by atoms with Gasteiger partial charge in [0.2, 0.25) is 15.7 Å². The molecule has 1 N–H and O–H groups in total. The highest BCUT2D eigenvalue weighted by atomic mass is 32.2. The lowest BCUT2D eigenvalue weighted by atomic mass is 10.1. The molecule has 0 aliphatic heterocycles. The zero-order chi connectivity index (χ0) is 17.9. The van der Waals surface area contributed by atoms with Crippen molar-refractivity contribution in [2.75, 3.05) is 5.32 Å². The molecule has 0 saturated heterocycles. The van der Waals surface area contributed by atoms with Gasteiger partial charge in [0, 0.05) is 18.1 Å². The van der Waals surface area contributed by atoms with Crippen LogP contribution in [-0.2, 0) is 14.6 Å². The van der Waals surface area contributed by atoms with Crippen LogP contribution in [-0.4, -0.2) is 24.2 Å². The summed E-state index contributed by atoms with van der Waals surface area (Å²) in [6.07, 6.45) is 1.82. The van der Waals surface area contributed by atoms with Crippen molar-refractivity contribution in [3.63, 3.8) is 0 Å². The summed E-state index contributed by atoms with van der Waals surface area (Å²) in [5.74, 6) is -0.435. The average molecular weight is 369 g/mol. The van der Waals surface area contributed by atoms with E-state index >= 15 is 0 Å². The second kappa shape index (κ2) is 7.05. The maximum atomic E-state index is 12.5. The number of hydrogen-bond donors (Lipinski definition) is 1. The third kappa shape index (κ3) is 3.77. The molecule has 1 aromatic carbocycles. The van der Waals surface area contributed by atoms with Crippen LogP contribution in [0.3, 0.4) is 0 Å². The van der Waals surface area contributed by atoms with E-state index in [1.54, 1.807) is 6.92 Å². The number of carbonyl (C=O) groups excluding carboxylic acids is 1. The monoisotopic (exact) mass is 369 g/mol. The van der Waals surface area contributed by atoms with Crippen molar-refractivity contribution in [2.45, 2.75) is 29.4 Å². The van der Waals surface area contributed by atoms with Gasteiger partial charge in [-0.1, -0.05) is 25.2 Å². The number of nitro groups is 1. The largest absolute Gasteiger partial charge is 0.302 e. The first-order chi connectivity index (χ1) is 11.3. The number of benzene rings is 1. The van der Waals surface area contributed by atoms with Crippen LogP contribution in [0.5, 0.6) is 0 Å². The van der Waals surface area contributed by atoms with E-state index in [-0.39, 0.29) is 31.7 Å². The van der Waals surface area contributed by atoms with E-state index in [1.807, 2.05) is 6.92 Å². The van der Waals surface area contributed by atoms with Gasteiger partial charge in [-0.15, -0.1) is 0 Å². The Hall–Kier alpha value is -2.33. The minimum absolute atomic E-state index is 0.0456. The molecular weight excluding hydrogens is 354 g/mol. The van der Waals surface area contributed by atoms with Gasteiger partial charge in [0.1, 0.15) is 4.21 Å². The maximum absolute atomic E-state index is 12.5. The minimum atomic E-state index is -3.84. The number of amides is 1. The Balaban J connectivity index is 2.24. The molecule has 1 amide bonds. The van der Waals surface area contributed by atoms with Crippen molar-refractivity contribution in [1.82, 2.24) is 4.98 Å². The number of nitrogens with one attached hydrogen (secondary N) is 1. The Morgan fingerprint density at radius 2 is 2.00 bits per heavy atom. The Labute approximate surface area is 142 Å². The fraction of sp³-hybridized carbons (Fsp3) is 0.286. The van der Waals surface area contributed by atoms with E-state index in [1.165, 1.54) is 12.1 Å². The molecule has 0 aliphatic rings. The van der Waals surface area contributed by atoms with Crippen molar-refractivity contribution in [3.05, 3.63) is 40.6 Å². The number of nitrogens with zero attached hydrogens (tertiary/aromatic N) is 2. The molecule has 0 fully saturated rings. The zero-order valence-corrected chi connectivity index (χ0v) is 14.6. The molecule has 10 heteroatoms. The lowest BCUT2D eigenvalue weighted by molar-refractivity contribution is -0.384. The molecule has 1 heterocycles. The van der Waals surface area contributed by atoms with Crippen molar-refractivity contribution in [3.8, 4) is 0 Å². The first-order valence-corrected chi connectivity index (χ1v) is 9.32. The molecule has 0 radical (unpaired) electrons. The van der Waals surface area contributed by atoms with E-state index in [2.05, 4.69) is 10.3 Å². The number of hydrogen-bond acceptors (Lipinski definition) is 7. The molecule has 1 aromatic heterocycles. The highest BCUT2D eigenvalue weighted by Crippen LogP contribution is 2.29. The first-order valence-electron chi connectivity index (χ1n) is 7.02. The highest BCUT2D eigenvalue weighted by molar-refractivity contribution is 7.93. The molecule has 0 saturated carbocycles. The third-order valence-electron chi connectivity index (χ3n) is 3.40. The number of sulfone groups is 1. The fourth-order valence-corrected chi connectivity index (χ4v) is 4.15. The lowest BCUT2D eigenvalue weighted by Gasteiger charge is -2.06. The standard InChI is InChI=1S/C14H15N3O5S2/c1-3-9(2)13(18)16-14-15-8-12(23-14)24(21,22)11-6-4-10(5-7-11)17(19)20/h4-9H,3H2,1-2H3,(H,15,16,18). The quantitative estimate of drug-likeness (QED) is 0.617. The molecule has 0 aliphatic carbocycles. The number of nitro benzene ring substituents is 1. The fourth-order valence-electron chi connectivity index (χ4n) is 1.72. The summed E-state index contributed by atoms with van der Waals surface area (Å²) in [5.41, 5.74) is -0.195. The molecule has 0 spiro atoms. The minimum Gasteiger partial charge on any atom is -0.302 e. The lowest BCUT2D eigenvalue weighted by Crippen LogP contribution is -2.19. The van der Waals surface area contributed by atoms with Gasteiger partial charge in [0.05, 0.1) is 16.0 Å². The smallest absolute Gasteiger partial charge is 0.269 e. The van der Waals surface area contributed by atoms with Crippen LogP contribution in [0.25, 0.3) is 0 Å². The molecular formula is C14H15N3O5S2. The van der Waals surface area contributed by atoms with E-state index in [0.717, 1.165) is 29.7 Å². The van der Waals surface area contributed by atoms with Crippen LogP contribution in [0.2, 0.25) is 0 Å². The molecule has 1 atom stereocenters. The van der Waals surface area contributed by atoms with Gasteiger partial charge < -0.3 is 5.32 Å². The van der Waals surface area contributed by atoms with Crippen molar-refractivity contribution < 1.29 is 18.1 Å². The third-order valence-corrected chi connectivity index (χ3v) is 6.54. The summed E-state index contributed by atoms with van der Waals surface area (Å²) in [5, 5.41) is 13.4. The number of thiazole rings is 1. The van der Waals surface area contributed by atoms with E-state index in [9.17, 15) is 23.3 Å². The summed E-state index contributed by atoms with van der Waals surface area (Å²) in [7, 11) is -3.84. The predicted octanol–water partition coefficient (Wildman–Crippen LogP) is 2.87. The number of anilines is 1. The van der Waals surface area contributed by atoms with Crippen molar-refractivity contribution in [2.24, 2.45) is 5.92 Å². The molecule has 8 nitrogen and oxygen atoms in total. The first kappa shape index (κ1) is 18.0. The average Bonchev–Trinajstić information content (AvgIpc) is 3.03. The van der Waals surface area contributed by atoms with Gasteiger partial charge >= 0.3 is 0 Å². The summed E-state index contributed by atoms with van der Waals surface area (Å²) < 4.78 is 24.9. The van der Waals surface area contributed by atoms with Gasteiger partial charge in [-0.3, -0.25) is 14.9 Å². The number of rotatable bonds is 6. The number of aromatic nitrogens is 1. The number of non-ortho nitro benzene ring substituents is 1. The Kier molecular flexibility index (Phi) is 5.30. The summed E-state index contributed by atoms with van der Waals surface area (Å²) in [6, 6.07) is 4.59. The van der Waals surface area contributed by atoms with Crippen LogP contribution in [0.4, 0.5) is 10.8 Å². The van der Waals surface area contributed by atoms with Crippen LogP contribution < -0.4 is 5.32 Å². The molecule has 0 bridgehead atoms. The topological polar surface area (TPSA) is 119 Å². The normalized spacial score (nSPS) is 12.6. The zero-order valence-electron chi connectivity index (χ0n) is 12.9. The van der Waals surface area contributed by atoms with E-state index < -0.39 is 14.8 Å². The second-order valence-corrected chi connectivity index (χ2v) is 8.24. The number of carbonyl (C=O) groups is 1. The van der Waals surface area contributed by atoms with Crippen molar-refractivity contribution >= 4 is 37.9 Å². The van der Waals surface area contributed by atoms with Crippen LogP contribution in [0.15, 0.2) is 39.6 Å². The maximum Gasteiger partial charge on any atom is 0.269 e. The van der Waals surface area contributed by atoms with Crippen LogP contribution in [0, 0.1) is 16.0 Å². The van der Waals surface area contributed by atoms with Gasteiger partial charge in [0.15, 0.2) is 5.13 Å². The van der Waals surface area contributed by atoms with E-state index in [0.29, 0.717) is 6.42 Å². The van der Waals surface area contributed by atoms with Crippen LogP contribution >= 0.6 is 11.3 Å². The molecule has 2 rings (SSSR count). The summed E-state index contributed by atoms with van der Waals surface area (Å²) in [4.78, 5) is 25.7. The Bertz CT molecular complexity index is 859. The predicted molar refractivity (Wildman–Crippen MR) is 88.7 cm³/mol. The Morgan fingerprint density at radius 1 is 1.38 bits per heavy atom. The highest BCUT2D eigenvalue weighted by Gasteiger charge is 2.23. The van der Waals surface area contributed by atoms with Gasteiger partial charge in [-0.05, 0) is 18.6 Å². The van der Waals surface area contributed by atoms with Gasteiger partial charge in [-0.2, -0.15) is 0 Å². The SMILES string of the molecule is CCC(C)C(=O)Nc1ncc(S(=O)(=O)c2ccc([N+](=O)[O-])cc2)s1.